The highest BCUT2D eigenvalue weighted by atomic mass is 35.5. The number of nitriles is 1. The molecule has 0 spiro atoms. The second kappa shape index (κ2) is 7.69. The zero-order chi connectivity index (χ0) is 15.9. The lowest BCUT2D eigenvalue weighted by atomic mass is 10.3. The first-order valence-electron chi connectivity index (χ1n) is 6.13. The molecule has 0 aromatic heterocycles. The molecule has 2 rings (SSSR count). The number of nitrogens with zero attached hydrogens (tertiary/aromatic N) is 2. The molecule has 0 bridgehead atoms. The van der Waals surface area contributed by atoms with Gasteiger partial charge in [0.25, 0.3) is 0 Å². The van der Waals surface area contributed by atoms with E-state index in [1.54, 1.807) is 36.6 Å². The number of ether oxygens (including phenoxy) is 1. The fourth-order valence-electron chi connectivity index (χ4n) is 1.59. The molecule has 7 heteroatoms. The zero-order valence-electron chi connectivity index (χ0n) is 11.5. The van der Waals surface area contributed by atoms with Crippen molar-refractivity contribution in [3.63, 3.8) is 0 Å². The van der Waals surface area contributed by atoms with E-state index in [1.165, 1.54) is 23.9 Å². The van der Waals surface area contributed by atoms with Gasteiger partial charge in [-0.2, -0.15) is 5.26 Å². The van der Waals surface area contributed by atoms with Crippen LogP contribution in [-0.4, -0.2) is 11.4 Å². The van der Waals surface area contributed by atoms with Gasteiger partial charge in [-0.1, -0.05) is 29.4 Å². The van der Waals surface area contributed by atoms with Crippen LogP contribution in [0.25, 0.3) is 0 Å². The van der Waals surface area contributed by atoms with Crippen LogP contribution in [0.4, 0.5) is 10.1 Å². The molecule has 0 aliphatic carbocycles. The van der Waals surface area contributed by atoms with Gasteiger partial charge >= 0.3 is 0 Å². The monoisotopic (exact) mass is 335 g/mol. The van der Waals surface area contributed by atoms with Crippen LogP contribution in [0.2, 0.25) is 5.02 Å². The van der Waals surface area contributed by atoms with Crippen LogP contribution in [0.1, 0.15) is 0 Å². The van der Waals surface area contributed by atoms with Crippen molar-refractivity contribution in [3.05, 3.63) is 53.3 Å². The Morgan fingerprint density at radius 1 is 1.36 bits per heavy atom. The third-order valence-electron chi connectivity index (χ3n) is 2.53. The molecule has 0 aliphatic rings. The van der Waals surface area contributed by atoms with E-state index in [-0.39, 0.29) is 5.82 Å². The first-order chi connectivity index (χ1) is 10.6. The highest BCUT2D eigenvalue weighted by molar-refractivity contribution is 8.13. The van der Waals surface area contributed by atoms with Crippen molar-refractivity contribution in [2.24, 2.45) is 4.99 Å². The molecule has 0 radical (unpaired) electrons. The molecule has 0 aliphatic heterocycles. The Morgan fingerprint density at radius 3 is 2.82 bits per heavy atom. The van der Waals surface area contributed by atoms with Gasteiger partial charge < -0.3 is 4.74 Å². The van der Waals surface area contributed by atoms with Gasteiger partial charge in [-0.3, -0.25) is 5.32 Å². The van der Waals surface area contributed by atoms with E-state index >= 15 is 0 Å². The van der Waals surface area contributed by atoms with Crippen LogP contribution in [0, 0.1) is 17.3 Å². The minimum atomic E-state index is -0.387. The van der Waals surface area contributed by atoms with Crippen molar-refractivity contribution >= 4 is 34.2 Å². The quantitative estimate of drug-likeness (QED) is 0.382. The standard InChI is InChI=1S/C15H11ClFN3OS/c1-22-15(19-9-18)20-11-5-6-14(13(16)8-11)21-12-4-2-3-10(17)7-12/h2-8H,1H3,(H,19,20). The molecule has 2 aromatic carbocycles. The molecule has 22 heavy (non-hydrogen) atoms. The van der Waals surface area contributed by atoms with Crippen LogP contribution in [-0.2, 0) is 0 Å². The Morgan fingerprint density at radius 2 is 2.18 bits per heavy atom. The van der Waals surface area contributed by atoms with Crippen LogP contribution in [0.3, 0.4) is 0 Å². The van der Waals surface area contributed by atoms with E-state index < -0.39 is 0 Å². The molecular weight excluding hydrogens is 325 g/mol. The minimum absolute atomic E-state index is 0.336. The lowest BCUT2D eigenvalue weighted by molar-refractivity contribution is 0.477. The third-order valence-corrected chi connectivity index (χ3v) is 3.40. The number of nitrogens with one attached hydrogen (secondary N) is 1. The van der Waals surface area contributed by atoms with Crippen LogP contribution in [0.15, 0.2) is 47.5 Å². The molecule has 4 nitrogen and oxygen atoms in total. The maximum absolute atomic E-state index is 13.1. The zero-order valence-corrected chi connectivity index (χ0v) is 13.1. The Balaban J connectivity index is 2.21. The van der Waals surface area contributed by atoms with Crippen LogP contribution in [0.5, 0.6) is 11.5 Å². The van der Waals surface area contributed by atoms with E-state index in [1.807, 2.05) is 6.19 Å². The molecule has 0 heterocycles. The van der Waals surface area contributed by atoms with Crippen molar-refractivity contribution in [1.29, 1.82) is 5.26 Å². The van der Waals surface area contributed by atoms with Gasteiger partial charge in [0, 0.05) is 6.07 Å². The molecule has 0 atom stereocenters. The average Bonchev–Trinajstić information content (AvgIpc) is 2.49. The Bertz CT molecular complexity index is 746. The normalized spacial score (nSPS) is 10.9. The smallest absolute Gasteiger partial charge is 0.183 e. The van der Waals surface area contributed by atoms with Gasteiger partial charge in [0.15, 0.2) is 11.4 Å². The number of hydrogen-bond acceptors (Lipinski definition) is 4. The predicted octanol–water partition coefficient (Wildman–Crippen LogP) is 4.69. The van der Waals surface area contributed by atoms with Gasteiger partial charge in [-0.25, -0.2) is 9.38 Å². The summed E-state index contributed by atoms with van der Waals surface area (Å²) in [6.07, 6.45) is 3.61. The summed E-state index contributed by atoms with van der Waals surface area (Å²) in [7, 11) is 0. The van der Waals surface area contributed by atoms with Gasteiger partial charge in [-0.15, -0.1) is 0 Å². The molecular formula is C15H11ClFN3OS. The number of rotatable bonds is 3. The van der Waals surface area contributed by atoms with Crippen molar-refractivity contribution in [2.45, 2.75) is 0 Å². The number of halogens is 2. The van der Waals surface area contributed by atoms with Gasteiger partial charge in [0.05, 0.1) is 10.7 Å². The fourth-order valence-corrected chi connectivity index (χ4v) is 2.15. The summed E-state index contributed by atoms with van der Waals surface area (Å²) in [6.45, 7) is 0. The summed E-state index contributed by atoms with van der Waals surface area (Å²) in [6, 6.07) is 10.7. The molecule has 0 fully saturated rings. The largest absolute Gasteiger partial charge is 0.456 e. The molecule has 1 N–H and O–H groups in total. The molecule has 0 saturated heterocycles. The van der Waals surface area contributed by atoms with Crippen molar-refractivity contribution < 1.29 is 9.13 Å². The SMILES string of the molecule is CSC(=Nc1ccc(Oc2cccc(F)c2)c(Cl)c1)NC#N. The number of thioether (sulfide) groups is 1. The molecule has 2 aromatic rings. The molecule has 0 saturated carbocycles. The van der Waals surface area contributed by atoms with E-state index in [9.17, 15) is 4.39 Å². The summed E-state index contributed by atoms with van der Waals surface area (Å²) in [5.41, 5.74) is 0.573. The van der Waals surface area contributed by atoms with E-state index in [0.717, 1.165) is 0 Å². The van der Waals surface area contributed by atoms with Crippen molar-refractivity contribution in [3.8, 4) is 17.7 Å². The topological polar surface area (TPSA) is 57.4 Å². The summed E-state index contributed by atoms with van der Waals surface area (Å²) in [4.78, 5) is 4.24. The second-order valence-electron chi connectivity index (χ2n) is 4.03. The Kier molecular flexibility index (Phi) is 5.64. The third kappa shape index (κ3) is 4.38. The Labute approximate surface area is 136 Å². The lowest BCUT2D eigenvalue weighted by Gasteiger charge is -2.08. The summed E-state index contributed by atoms with van der Waals surface area (Å²) < 4.78 is 18.7. The van der Waals surface area contributed by atoms with Crippen LogP contribution >= 0.6 is 23.4 Å². The maximum atomic E-state index is 13.1. The predicted molar refractivity (Wildman–Crippen MR) is 87.3 cm³/mol. The lowest BCUT2D eigenvalue weighted by Crippen LogP contribution is -2.12. The Hall–Kier alpha value is -2.23. The number of hydrogen-bond donors (Lipinski definition) is 1. The average molecular weight is 336 g/mol. The number of benzene rings is 2. The van der Waals surface area contributed by atoms with Gasteiger partial charge in [-0.05, 0) is 36.6 Å². The van der Waals surface area contributed by atoms with E-state index in [2.05, 4.69) is 10.3 Å². The first-order valence-corrected chi connectivity index (χ1v) is 7.73. The highest BCUT2D eigenvalue weighted by Crippen LogP contribution is 2.33. The highest BCUT2D eigenvalue weighted by Gasteiger charge is 2.06. The van der Waals surface area contributed by atoms with E-state index in [0.29, 0.717) is 27.4 Å². The van der Waals surface area contributed by atoms with Gasteiger partial charge in [0.2, 0.25) is 0 Å². The molecule has 0 unspecified atom stereocenters. The first kappa shape index (κ1) is 16.1. The molecule has 0 amide bonds. The maximum Gasteiger partial charge on any atom is 0.183 e. The van der Waals surface area contributed by atoms with Crippen molar-refractivity contribution in [2.75, 3.05) is 6.26 Å². The van der Waals surface area contributed by atoms with E-state index in [4.69, 9.17) is 21.6 Å². The van der Waals surface area contributed by atoms with Gasteiger partial charge in [0.1, 0.15) is 17.3 Å². The molecule has 112 valence electrons. The van der Waals surface area contributed by atoms with Crippen molar-refractivity contribution in [1.82, 2.24) is 5.32 Å². The minimum Gasteiger partial charge on any atom is -0.456 e. The summed E-state index contributed by atoms with van der Waals surface area (Å²) >= 11 is 7.45. The summed E-state index contributed by atoms with van der Waals surface area (Å²) in [5.74, 6) is 0.362. The second-order valence-corrected chi connectivity index (χ2v) is 5.23. The fraction of sp³-hybridized carbons (Fsp3) is 0.0667. The number of amidine groups is 1. The van der Waals surface area contributed by atoms with Crippen LogP contribution < -0.4 is 10.1 Å². The number of aliphatic imine (C=N–C) groups is 1. The summed E-state index contributed by atoms with van der Waals surface area (Å²) in [5, 5.41) is 11.9.